The zero-order valence-corrected chi connectivity index (χ0v) is 16.5. The lowest BCUT2D eigenvalue weighted by Gasteiger charge is -2.39. The monoisotopic (exact) mass is 410 g/mol. The van der Waals surface area contributed by atoms with Crippen molar-refractivity contribution in [3.8, 4) is 0 Å². The highest BCUT2D eigenvalue weighted by Crippen LogP contribution is 2.21. The van der Waals surface area contributed by atoms with Crippen LogP contribution in [-0.2, 0) is 4.79 Å². The second-order valence-corrected chi connectivity index (χ2v) is 7.41. The molecule has 29 heavy (non-hydrogen) atoms. The predicted molar refractivity (Wildman–Crippen MR) is 109 cm³/mol. The summed E-state index contributed by atoms with van der Waals surface area (Å²) in [6.07, 6.45) is 1.48. The number of benzene rings is 1. The van der Waals surface area contributed by atoms with Crippen LogP contribution in [0.2, 0.25) is 5.15 Å². The molecule has 4 rings (SSSR count). The fourth-order valence-electron chi connectivity index (χ4n) is 3.62. The minimum Gasteiger partial charge on any atom is -0.345 e. The van der Waals surface area contributed by atoms with Crippen LogP contribution in [0.1, 0.15) is 27.6 Å². The van der Waals surface area contributed by atoms with E-state index >= 15 is 0 Å². The lowest BCUT2D eigenvalue weighted by atomic mass is 10.1. The molecule has 1 aliphatic rings. The zero-order chi connectivity index (χ0) is 20.5. The normalized spacial score (nSPS) is 16.8. The predicted octanol–water partition coefficient (Wildman–Crippen LogP) is 2.77. The Morgan fingerprint density at radius 1 is 1.10 bits per heavy atom. The molecule has 0 saturated carbocycles. The van der Waals surface area contributed by atoms with Crippen LogP contribution in [0, 0.1) is 0 Å². The molecule has 8 heteroatoms. The van der Waals surface area contributed by atoms with Crippen molar-refractivity contribution in [3.63, 3.8) is 0 Å². The molecule has 7 nitrogen and oxygen atoms in total. The van der Waals surface area contributed by atoms with Crippen LogP contribution in [0.5, 0.6) is 0 Å². The Kier molecular flexibility index (Phi) is 5.07. The molecule has 148 valence electrons. The number of carbonyl (C=O) groups excluding carboxylic acids is 3. The molecule has 3 aromatic rings. The van der Waals surface area contributed by atoms with Gasteiger partial charge in [-0.25, -0.2) is 4.98 Å². The van der Waals surface area contributed by atoms with Crippen LogP contribution < -0.4 is 0 Å². The second-order valence-electron chi connectivity index (χ2n) is 7.03. The van der Waals surface area contributed by atoms with Crippen LogP contribution >= 0.6 is 11.6 Å². The molecule has 0 aliphatic carbocycles. The van der Waals surface area contributed by atoms with Gasteiger partial charge in [-0.3, -0.25) is 14.4 Å². The third-order valence-corrected chi connectivity index (χ3v) is 5.35. The SMILES string of the molecule is CC1CN(C(=O)c2ccccc2)CCN1C(=O)C(=O)c1c[nH]c2nc(Cl)ccc12. The van der Waals surface area contributed by atoms with E-state index < -0.39 is 11.7 Å². The summed E-state index contributed by atoms with van der Waals surface area (Å²) in [4.78, 5) is 48.6. The Morgan fingerprint density at radius 3 is 2.59 bits per heavy atom. The summed E-state index contributed by atoms with van der Waals surface area (Å²) >= 11 is 5.87. The Hall–Kier alpha value is -3.19. The number of aromatic amines is 1. The summed E-state index contributed by atoms with van der Waals surface area (Å²) < 4.78 is 0. The molecule has 1 atom stereocenters. The van der Waals surface area contributed by atoms with E-state index in [1.807, 2.05) is 25.1 Å². The number of amides is 2. The average Bonchev–Trinajstić information content (AvgIpc) is 3.15. The number of ketones is 1. The third kappa shape index (κ3) is 3.61. The molecule has 1 fully saturated rings. The summed E-state index contributed by atoms with van der Waals surface area (Å²) in [6.45, 7) is 2.89. The fourth-order valence-corrected chi connectivity index (χ4v) is 3.77. The van der Waals surface area contributed by atoms with Crippen molar-refractivity contribution in [1.82, 2.24) is 19.8 Å². The van der Waals surface area contributed by atoms with E-state index in [1.165, 1.54) is 11.1 Å². The second kappa shape index (κ2) is 7.67. The van der Waals surface area contributed by atoms with Gasteiger partial charge in [-0.15, -0.1) is 0 Å². The molecule has 1 aliphatic heterocycles. The number of fused-ring (bicyclic) bond motifs is 1. The van der Waals surface area contributed by atoms with Crippen LogP contribution in [-0.4, -0.2) is 63.0 Å². The maximum Gasteiger partial charge on any atom is 0.295 e. The van der Waals surface area contributed by atoms with E-state index in [2.05, 4.69) is 9.97 Å². The first-order valence-electron chi connectivity index (χ1n) is 9.29. The zero-order valence-electron chi connectivity index (χ0n) is 15.8. The number of Topliss-reactive ketones (excluding diaryl/α,β-unsaturated/α-hetero) is 1. The number of carbonyl (C=O) groups is 3. The molecule has 0 spiro atoms. The average molecular weight is 411 g/mol. The highest BCUT2D eigenvalue weighted by molar-refractivity contribution is 6.45. The fraction of sp³-hybridized carbons (Fsp3) is 0.238. The Labute approximate surface area is 172 Å². The van der Waals surface area contributed by atoms with E-state index in [9.17, 15) is 14.4 Å². The van der Waals surface area contributed by atoms with Crippen molar-refractivity contribution in [2.75, 3.05) is 19.6 Å². The summed E-state index contributed by atoms with van der Waals surface area (Å²) in [6, 6.07) is 12.0. The standard InChI is InChI=1S/C21H19ClN4O3/c1-13-12-25(20(28)14-5-3-2-4-6-14)9-10-26(13)21(29)18(27)16-11-23-19-15(16)7-8-17(22)24-19/h2-8,11,13H,9-10,12H2,1H3,(H,23,24). The van der Waals surface area contributed by atoms with Crippen molar-refractivity contribution in [2.45, 2.75) is 13.0 Å². The van der Waals surface area contributed by atoms with Crippen LogP contribution in [0.4, 0.5) is 0 Å². The number of pyridine rings is 1. The van der Waals surface area contributed by atoms with E-state index in [0.29, 0.717) is 41.4 Å². The van der Waals surface area contributed by atoms with E-state index in [0.717, 1.165) is 0 Å². The number of hydrogen-bond acceptors (Lipinski definition) is 4. The van der Waals surface area contributed by atoms with Gasteiger partial charge in [0.25, 0.3) is 17.6 Å². The lowest BCUT2D eigenvalue weighted by molar-refractivity contribution is -0.130. The molecule has 1 N–H and O–H groups in total. The van der Waals surface area contributed by atoms with Gasteiger partial charge in [0.2, 0.25) is 0 Å². The van der Waals surface area contributed by atoms with Gasteiger partial charge in [-0.05, 0) is 31.2 Å². The van der Waals surface area contributed by atoms with Crippen LogP contribution in [0.15, 0.2) is 48.7 Å². The maximum absolute atomic E-state index is 12.9. The van der Waals surface area contributed by atoms with Crippen LogP contribution in [0.25, 0.3) is 11.0 Å². The van der Waals surface area contributed by atoms with Gasteiger partial charge in [-0.2, -0.15) is 0 Å². The molecule has 3 heterocycles. The number of rotatable bonds is 3. The van der Waals surface area contributed by atoms with E-state index in [1.54, 1.807) is 29.2 Å². The first-order valence-corrected chi connectivity index (χ1v) is 9.66. The molecule has 1 unspecified atom stereocenters. The molecule has 1 aromatic carbocycles. The molecule has 2 aromatic heterocycles. The molecular weight excluding hydrogens is 392 g/mol. The number of nitrogens with one attached hydrogen (secondary N) is 1. The van der Waals surface area contributed by atoms with Crippen molar-refractivity contribution < 1.29 is 14.4 Å². The number of halogens is 1. The summed E-state index contributed by atoms with van der Waals surface area (Å²) in [5.74, 6) is -1.26. The van der Waals surface area contributed by atoms with Crippen molar-refractivity contribution in [3.05, 3.63) is 64.9 Å². The first kappa shape index (κ1) is 19.1. The number of piperazine rings is 1. The van der Waals surface area contributed by atoms with Gasteiger partial charge in [0.05, 0.1) is 5.56 Å². The Morgan fingerprint density at radius 2 is 1.86 bits per heavy atom. The highest BCUT2D eigenvalue weighted by atomic mass is 35.5. The smallest absolute Gasteiger partial charge is 0.295 e. The summed E-state index contributed by atoms with van der Waals surface area (Å²) in [5.41, 5.74) is 1.34. The topological polar surface area (TPSA) is 86.4 Å². The first-order chi connectivity index (χ1) is 14.0. The van der Waals surface area contributed by atoms with E-state index in [-0.39, 0.29) is 17.5 Å². The quantitative estimate of drug-likeness (QED) is 0.408. The minimum absolute atomic E-state index is 0.0737. The third-order valence-electron chi connectivity index (χ3n) is 5.14. The van der Waals surface area contributed by atoms with Gasteiger partial charge in [0.15, 0.2) is 0 Å². The summed E-state index contributed by atoms with van der Waals surface area (Å²) in [5, 5.41) is 0.857. The molecule has 0 bridgehead atoms. The lowest BCUT2D eigenvalue weighted by Crippen LogP contribution is -2.56. The Bertz CT molecular complexity index is 1100. The van der Waals surface area contributed by atoms with E-state index in [4.69, 9.17) is 11.6 Å². The minimum atomic E-state index is -0.602. The largest absolute Gasteiger partial charge is 0.345 e. The van der Waals surface area contributed by atoms with Gasteiger partial charge >= 0.3 is 0 Å². The maximum atomic E-state index is 12.9. The molecular formula is C21H19ClN4O3. The van der Waals surface area contributed by atoms with Crippen molar-refractivity contribution in [2.24, 2.45) is 0 Å². The number of nitrogens with zero attached hydrogens (tertiary/aromatic N) is 3. The van der Waals surface area contributed by atoms with Gasteiger partial charge in [0, 0.05) is 42.8 Å². The van der Waals surface area contributed by atoms with Gasteiger partial charge in [-0.1, -0.05) is 29.8 Å². The van der Waals surface area contributed by atoms with Gasteiger partial charge < -0.3 is 14.8 Å². The highest BCUT2D eigenvalue weighted by Gasteiger charge is 2.34. The molecule has 1 saturated heterocycles. The number of aromatic nitrogens is 2. The number of hydrogen-bond donors (Lipinski definition) is 1. The summed E-state index contributed by atoms with van der Waals surface area (Å²) in [7, 11) is 0. The number of H-pyrrole nitrogens is 1. The Balaban J connectivity index is 1.48. The van der Waals surface area contributed by atoms with Crippen molar-refractivity contribution in [1.29, 1.82) is 0 Å². The molecule has 2 amide bonds. The van der Waals surface area contributed by atoms with Crippen LogP contribution in [0.3, 0.4) is 0 Å². The molecule has 0 radical (unpaired) electrons. The van der Waals surface area contributed by atoms with Crippen molar-refractivity contribution >= 4 is 40.2 Å². The van der Waals surface area contributed by atoms with Gasteiger partial charge in [0.1, 0.15) is 10.8 Å².